The molecule has 1 aromatic carbocycles. The first-order valence-corrected chi connectivity index (χ1v) is 7.17. The predicted molar refractivity (Wildman–Crippen MR) is 76.3 cm³/mol. The van der Waals surface area contributed by atoms with E-state index in [0.717, 1.165) is 20.7 Å². The molecule has 2 rings (SSSR count). The lowest BCUT2D eigenvalue weighted by Crippen LogP contribution is -1.90. The Bertz CT molecular complexity index is 513. The zero-order chi connectivity index (χ0) is 12.3. The number of hydrogen-bond donors (Lipinski definition) is 1. The first-order valence-electron chi connectivity index (χ1n) is 4.99. The van der Waals surface area contributed by atoms with Gasteiger partial charge in [-0.2, -0.15) is 0 Å². The fraction of sp³-hybridized carbons (Fsp3) is 0.167. The molecule has 0 aliphatic heterocycles. The van der Waals surface area contributed by atoms with Crippen LogP contribution in [0.15, 0.2) is 35.2 Å². The highest BCUT2D eigenvalue weighted by atomic mass is 35.5. The van der Waals surface area contributed by atoms with Crippen molar-refractivity contribution in [2.75, 3.05) is 12.8 Å². The summed E-state index contributed by atoms with van der Waals surface area (Å²) in [5.41, 5.74) is 6.42. The number of rotatable bonds is 4. The minimum Gasteiger partial charge on any atom is -0.496 e. The quantitative estimate of drug-likeness (QED) is 0.672. The largest absolute Gasteiger partial charge is 0.496 e. The van der Waals surface area contributed by atoms with E-state index in [1.165, 1.54) is 4.88 Å². The van der Waals surface area contributed by atoms with E-state index in [-0.39, 0.29) is 0 Å². The van der Waals surface area contributed by atoms with E-state index in [1.807, 2.05) is 30.3 Å². The maximum atomic E-state index is 5.89. The zero-order valence-electron chi connectivity index (χ0n) is 9.27. The molecule has 0 spiro atoms. The van der Waals surface area contributed by atoms with E-state index < -0.39 is 0 Å². The summed E-state index contributed by atoms with van der Waals surface area (Å²) in [5.74, 6) is 1.70. The van der Waals surface area contributed by atoms with Crippen molar-refractivity contribution in [3.8, 4) is 5.75 Å². The van der Waals surface area contributed by atoms with Gasteiger partial charge in [-0.15, -0.1) is 23.1 Å². The van der Waals surface area contributed by atoms with Crippen molar-refractivity contribution in [3.63, 3.8) is 0 Å². The van der Waals surface area contributed by atoms with Gasteiger partial charge in [0.05, 0.1) is 11.4 Å². The lowest BCUT2D eigenvalue weighted by molar-refractivity contribution is 0.405. The minimum atomic E-state index is 0.713. The highest BCUT2D eigenvalue weighted by Gasteiger charge is 2.05. The van der Waals surface area contributed by atoms with E-state index in [0.29, 0.717) is 5.69 Å². The van der Waals surface area contributed by atoms with Gasteiger partial charge in [-0.3, -0.25) is 0 Å². The Balaban J connectivity index is 2.08. The number of thiophene rings is 1. The molecule has 0 amide bonds. The van der Waals surface area contributed by atoms with Gasteiger partial charge in [0.1, 0.15) is 5.75 Å². The van der Waals surface area contributed by atoms with Crippen LogP contribution in [0.4, 0.5) is 5.69 Å². The molecular weight excluding hydrogens is 274 g/mol. The molecule has 17 heavy (non-hydrogen) atoms. The number of ether oxygens (including phenoxy) is 1. The maximum Gasteiger partial charge on any atom is 0.134 e. The van der Waals surface area contributed by atoms with E-state index in [4.69, 9.17) is 22.1 Å². The molecule has 0 saturated heterocycles. The van der Waals surface area contributed by atoms with Crippen LogP contribution in [-0.2, 0) is 5.75 Å². The number of nitrogen functional groups attached to an aromatic ring is 1. The fourth-order valence-electron chi connectivity index (χ4n) is 1.38. The molecule has 0 bridgehead atoms. The monoisotopic (exact) mass is 285 g/mol. The summed E-state index contributed by atoms with van der Waals surface area (Å²) in [5, 5.41) is 0. The summed E-state index contributed by atoms with van der Waals surface area (Å²) >= 11 is 9.21. The second-order valence-electron chi connectivity index (χ2n) is 3.40. The SMILES string of the molecule is COc1cc(N)ccc1SCc1ccc(Cl)s1. The number of benzene rings is 1. The third kappa shape index (κ3) is 3.31. The number of nitrogens with two attached hydrogens (primary N) is 1. The van der Waals surface area contributed by atoms with Gasteiger partial charge < -0.3 is 10.5 Å². The smallest absolute Gasteiger partial charge is 0.134 e. The van der Waals surface area contributed by atoms with Crippen LogP contribution in [0.2, 0.25) is 4.34 Å². The molecule has 90 valence electrons. The normalized spacial score (nSPS) is 10.5. The second kappa shape index (κ2) is 5.67. The van der Waals surface area contributed by atoms with Crippen molar-refractivity contribution in [2.45, 2.75) is 10.6 Å². The second-order valence-corrected chi connectivity index (χ2v) is 6.22. The standard InChI is InChI=1S/C12H12ClNOS2/c1-15-10-6-8(14)2-4-11(10)16-7-9-3-5-12(13)17-9/h2-6H,7,14H2,1H3. The third-order valence-electron chi connectivity index (χ3n) is 2.19. The van der Waals surface area contributed by atoms with Gasteiger partial charge in [0.15, 0.2) is 0 Å². The van der Waals surface area contributed by atoms with Gasteiger partial charge in [-0.1, -0.05) is 11.6 Å². The molecule has 0 aliphatic rings. The van der Waals surface area contributed by atoms with Crippen LogP contribution in [-0.4, -0.2) is 7.11 Å². The molecule has 5 heteroatoms. The molecule has 0 aliphatic carbocycles. The summed E-state index contributed by atoms with van der Waals surface area (Å²) in [6.07, 6.45) is 0. The van der Waals surface area contributed by atoms with Gasteiger partial charge in [-0.25, -0.2) is 0 Å². The van der Waals surface area contributed by atoms with Crippen molar-refractivity contribution in [1.82, 2.24) is 0 Å². The molecule has 1 heterocycles. The summed E-state index contributed by atoms with van der Waals surface area (Å²) in [7, 11) is 1.65. The highest BCUT2D eigenvalue weighted by molar-refractivity contribution is 7.98. The third-order valence-corrected chi connectivity index (χ3v) is 4.70. The average Bonchev–Trinajstić information content (AvgIpc) is 2.73. The Morgan fingerprint density at radius 3 is 2.82 bits per heavy atom. The Labute approximate surface area is 114 Å². The molecule has 0 atom stereocenters. The summed E-state index contributed by atoms with van der Waals surface area (Å²) < 4.78 is 6.12. The van der Waals surface area contributed by atoms with Gasteiger partial charge >= 0.3 is 0 Å². The molecule has 0 unspecified atom stereocenters. The Hall–Kier alpha value is -0.840. The van der Waals surface area contributed by atoms with Crippen LogP contribution in [0.5, 0.6) is 5.75 Å². The Kier molecular flexibility index (Phi) is 4.20. The van der Waals surface area contributed by atoms with Crippen LogP contribution in [0, 0.1) is 0 Å². The van der Waals surface area contributed by atoms with Gasteiger partial charge in [-0.05, 0) is 24.3 Å². The van der Waals surface area contributed by atoms with Gasteiger partial charge in [0.25, 0.3) is 0 Å². The number of methoxy groups -OCH3 is 1. The molecule has 2 nitrogen and oxygen atoms in total. The molecule has 2 N–H and O–H groups in total. The molecule has 0 radical (unpaired) electrons. The Morgan fingerprint density at radius 1 is 1.35 bits per heavy atom. The van der Waals surface area contributed by atoms with E-state index in [9.17, 15) is 0 Å². The summed E-state index contributed by atoms with van der Waals surface area (Å²) in [4.78, 5) is 2.34. The molecular formula is C12H12ClNOS2. The fourth-order valence-corrected chi connectivity index (χ4v) is 3.52. The molecule has 0 saturated carbocycles. The van der Waals surface area contributed by atoms with Gasteiger partial charge in [0.2, 0.25) is 0 Å². The van der Waals surface area contributed by atoms with Crippen molar-refractivity contribution in [3.05, 3.63) is 39.5 Å². The van der Waals surface area contributed by atoms with Crippen LogP contribution in [0.1, 0.15) is 4.88 Å². The molecule has 0 fully saturated rings. The van der Waals surface area contributed by atoms with Crippen LogP contribution >= 0.6 is 34.7 Å². The summed E-state index contributed by atoms with van der Waals surface area (Å²) in [6.45, 7) is 0. The van der Waals surface area contributed by atoms with Crippen molar-refractivity contribution in [2.24, 2.45) is 0 Å². The van der Waals surface area contributed by atoms with E-state index in [1.54, 1.807) is 30.2 Å². The lowest BCUT2D eigenvalue weighted by atomic mass is 10.3. The maximum absolute atomic E-state index is 5.89. The lowest BCUT2D eigenvalue weighted by Gasteiger charge is -2.08. The minimum absolute atomic E-state index is 0.713. The van der Waals surface area contributed by atoms with E-state index in [2.05, 4.69) is 0 Å². The van der Waals surface area contributed by atoms with Crippen molar-refractivity contribution in [1.29, 1.82) is 0 Å². The van der Waals surface area contributed by atoms with Crippen molar-refractivity contribution >= 4 is 40.4 Å². The van der Waals surface area contributed by atoms with E-state index >= 15 is 0 Å². The average molecular weight is 286 g/mol. The number of hydrogen-bond acceptors (Lipinski definition) is 4. The zero-order valence-corrected chi connectivity index (χ0v) is 11.7. The van der Waals surface area contributed by atoms with Crippen molar-refractivity contribution < 1.29 is 4.74 Å². The highest BCUT2D eigenvalue weighted by Crippen LogP contribution is 2.35. The number of halogens is 1. The first kappa shape index (κ1) is 12.6. The molecule has 2 aromatic rings. The first-order chi connectivity index (χ1) is 8.19. The topological polar surface area (TPSA) is 35.2 Å². The van der Waals surface area contributed by atoms with Crippen LogP contribution in [0.3, 0.4) is 0 Å². The van der Waals surface area contributed by atoms with Crippen LogP contribution < -0.4 is 10.5 Å². The number of thioether (sulfide) groups is 1. The molecule has 1 aromatic heterocycles. The van der Waals surface area contributed by atoms with Crippen LogP contribution in [0.25, 0.3) is 0 Å². The predicted octanol–water partition coefficient (Wildman–Crippen LogP) is 4.28. The van der Waals surface area contributed by atoms with Gasteiger partial charge in [0, 0.05) is 27.3 Å². The number of anilines is 1. The summed E-state index contributed by atoms with van der Waals surface area (Å²) in [6, 6.07) is 9.66. The Morgan fingerprint density at radius 2 is 2.18 bits per heavy atom.